The first kappa shape index (κ1) is 26.5. The predicted molar refractivity (Wildman–Crippen MR) is 161 cm³/mol. The van der Waals surface area contributed by atoms with Crippen molar-refractivity contribution in [3.05, 3.63) is 132 Å². The summed E-state index contributed by atoms with van der Waals surface area (Å²) in [5, 5.41) is 3.10. The highest BCUT2D eigenvalue weighted by Crippen LogP contribution is 2.50. The highest BCUT2D eigenvalue weighted by Gasteiger charge is 2.59. The van der Waals surface area contributed by atoms with Gasteiger partial charge in [-0.3, -0.25) is 0 Å². The Morgan fingerprint density at radius 1 is 0.857 bits per heavy atom. The van der Waals surface area contributed by atoms with Crippen LogP contribution in [0.5, 0.6) is 0 Å². The molecule has 7 rings (SSSR count). The van der Waals surface area contributed by atoms with Gasteiger partial charge in [0.2, 0.25) is 0 Å². The normalized spacial score (nSPS) is 22.8. The molecule has 0 unspecified atom stereocenters. The van der Waals surface area contributed by atoms with Gasteiger partial charge in [0.05, 0.1) is 19.0 Å². The Labute approximate surface area is 245 Å². The van der Waals surface area contributed by atoms with E-state index < -0.39 is 17.0 Å². The molecule has 1 saturated heterocycles. The Morgan fingerprint density at radius 2 is 1.45 bits per heavy atom. The maximum absolute atomic E-state index is 7.24. The number of nitrogens with zero attached hydrogens (tertiary/aromatic N) is 4. The Kier molecular flexibility index (Phi) is 6.42. The van der Waals surface area contributed by atoms with Gasteiger partial charge in [-0.2, -0.15) is 0 Å². The van der Waals surface area contributed by atoms with E-state index in [9.17, 15) is 0 Å². The maximum atomic E-state index is 7.24. The molecule has 2 aromatic heterocycles. The number of fused-ring (bicyclic) bond motifs is 2. The average molecular weight is 560 g/mol. The Hall–Kier alpha value is -4.37. The summed E-state index contributed by atoms with van der Waals surface area (Å²) in [6, 6.07) is 30.9. The van der Waals surface area contributed by atoms with Crippen LogP contribution < -0.4 is 5.32 Å². The van der Waals surface area contributed by atoms with Crippen LogP contribution in [0.25, 0.3) is 11.2 Å². The minimum atomic E-state index is -0.887. The van der Waals surface area contributed by atoms with Crippen molar-refractivity contribution in [2.24, 2.45) is 0 Å². The molecule has 1 aliphatic heterocycles. The lowest BCUT2D eigenvalue weighted by molar-refractivity contribution is -0.171. The van der Waals surface area contributed by atoms with Crippen molar-refractivity contribution in [1.29, 1.82) is 0 Å². The lowest BCUT2D eigenvalue weighted by Gasteiger charge is -2.39. The number of rotatable bonds is 8. The van der Waals surface area contributed by atoms with Crippen molar-refractivity contribution >= 4 is 17.0 Å². The van der Waals surface area contributed by atoms with Crippen LogP contribution in [-0.4, -0.2) is 50.7 Å². The SMILES string of the molecule is CNc1ncnc2c1ncn2[C@@H]1C=C[C@@]2(COC(c3ccccc3)(c3ccccc3)c3ccccc3)OC(C)(C)O[C@@H]12. The largest absolute Gasteiger partial charge is 0.371 e. The first-order chi connectivity index (χ1) is 20.5. The van der Waals surface area contributed by atoms with Gasteiger partial charge in [-0.25, -0.2) is 15.0 Å². The fraction of sp³-hybridized carbons (Fsp3) is 0.265. The molecule has 0 saturated carbocycles. The summed E-state index contributed by atoms with van der Waals surface area (Å²) in [6.07, 6.45) is 7.17. The van der Waals surface area contributed by atoms with Crippen LogP contribution in [0.2, 0.25) is 0 Å². The van der Waals surface area contributed by atoms with Crippen molar-refractivity contribution in [2.75, 3.05) is 19.0 Å². The van der Waals surface area contributed by atoms with Gasteiger partial charge in [-0.05, 0) is 36.6 Å². The molecule has 212 valence electrons. The van der Waals surface area contributed by atoms with E-state index in [1.54, 1.807) is 12.7 Å². The van der Waals surface area contributed by atoms with Crippen molar-refractivity contribution in [1.82, 2.24) is 19.5 Å². The fourth-order valence-electron chi connectivity index (χ4n) is 6.44. The number of hydrogen-bond donors (Lipinski definition) is 1. The van der Waals surface area contributed by atoms with Crippen LogP contribution in [0.15, 0.2) is 116 Å². The van der Waals surface area contributed by atoms with Crippen molar-refractivity contribution in [3.8, 4) is 0 Å². The zero-order chi connectivity index (χ0) is 28.8. The summed E-state index contributed by atoms with van der Waals surface area (Å²) in [5.41, 5.74) is 2.78. The molecule has 2 aliphatic rings. The topological polar surface area (TPSA) is 83.3 Å². The molecule has 42 heavy (non-hydrogen) atoms. The minimum Gasteiger partial charge on any atom is -0.371 e. The number of hydrogen-bond acceptors (Lipinski definition) is 7. The fourth-order valence-corrected chi connectivity index (χ4v) is 6.44. The Morgan fingerprint density at radius 3 is 2.02 bits per heavy atom. The van der Waals surface area contributed by atoms with E-state index in [1.807, 2.05) is 43.7 Å². The molecular weight excluding hydrogens is 526 g/mol. The van der Waals surface area contributed by atoms with Gasteiger partial charge in [0.1, 0.15) is 29.2 Å². The van der Waals surface area contributed by atoms with Crippen molar-refractivity contribution in [3.63, 3.8) is 0 Å². The quantitative estimate of drug-likeness (QED) is 0.188. The Bertz CT molecular complexity index is 1630. The van der Waals surface area contributed by atoms with E-state index in [2.05, 4.69) is 105 Å². The standard InChI is InChI=1S/C34H33N5O3/c1-32(2)41-29-27(39-23-38-28-30(35-3)36-22-37-31(28)39)19-20-33(29,42-32)21-40-34(24-13-7-4-8-14-24,25-15-9-5-10-16-25)26-17-11-6-12-18-26/h4-20,22-23,27,29H,21H2,1-3H3,(H,35,36,37)/t27-,29+,33+/m1/s1. The number of nitrogens with one attached hydrogen (secondary N) is 1. The van der Waals surface area contributed by atoms with E-state index in [0.29, 0.717) is 11.3 Å². The number of ether oxygens (including phenoxy) is 3. The van der Waals surface area contributed by atoms with E-state index in [4.69, 9.17) is 14.2 Å². The summed E-state index contributed by atoms with van der Waals surface area (Å²) in [4.78, 5) is 13.5. The van der Waals surface area contributed by atoms with E-state index in [0.717, 1.165) is 22.3 Å². The zero-order valence-corrected chi connectivity index (χ0v) is 23.8. The molecule has 0 amide bonds. The highest BCUT2D eigenvalue weighted by molar-refractivity contribution is 5.82. The number of anilines is 1. The number of aromatic nitrogens is 4. The molecule has 0 spiro atoms. The third-order valence-electron chi connectivity index (χ3n) is 8.19. The second-order valence-electron chi connectivity index (χ2n) is 11.2. The minimum absolute atomic E-state index is 0.209. The van der Waals surface area contributed by atoms with E-state index in [1.165, 1.54) is 0 Å². The molecule has 8 heteroatoms. The third kappa shape index (κ3) is 4.22. The monoisotopic (exact) mass is 559 g/mol. The van der Waals surface area contributed by atoms with Crippen LogP contribution >= 0.6 is 0 Å². The molecule has 0 bridgehead atoms. The molecule has 3 aromatic carbocycles. The summed E-state index contributed by atoms with van der Waals surface area (Å²) in [5.74, 6) is -0.148. The van der Waals surface area contributed by atoms with Gasteiger partial charge >= 0.3 is 0 Å². The number of imidazole rings is 1. The van der Waals surface area contributed by atoms with Gasteiger partial charge in [-0.15, -0.1) is 0 Å². The molecule has 1 aliphatic carbocycles. The average Bonchev–Trinajstić information content (AvgIpc) is 3.68. The first-order valence-corrected chi connectivity index (χ1v) is 14.2. The molecule has 3 atom stereocenters. The molecular formula is C34H33N5O3. The van der Waals surface area contributed by atoms with Gasteiger partial charge in [0, 0.05) is 7.05 Å². The molecule has 5 aromatic rings. The summed E-state index contributed by atoms with van der Waals surface area (Å²) in [6.45, 7) is 4.14. The molecule has 3 heterocycles. The van der Waals surface area contributed by atoms with E-state index >= 15 is 0 Å². The molecule has 1 N–H and O–H groups in total. The summed E-state index contributed by atoms with van der Waals surface area (Å²) in [7, 11) is 1.83. The first-order valence-electron chi connectivity index (χ1n) is 14.2. The smallest absolute Gasteiger partial charge is 0.166 e. The maximum Gasteiger partial charge on any atom is 0.166 e. The van der Waals surface area contributed by atoms with Gasteiger partial charge in [0.25, 0.3) is 0 Å². The predicted octanol–water partition coefficient (Wildman–Crippen LogP) is 5.88. The summed E-state index contributed by atoms with van der Waals surface area (Å²) >= 11 is 0. The highest BCUT2D eigenvalue weighted by atomic mass is 16.8. The number of benzene rings is 3. The summed E-state index contributed by atoms with van der Waals surface area (Å²) < 4.78 is 22.6. The third-order valence-corrected chi connectivity index (χ3v) is 8.19. The molecule has 1 fully saturated rings. The molecule has 8 nitrogen and oxygen atoms in total. The van der Waals surface area contributed by atoms with Crippen LogP contribution in [0.3, 0.4) is 0 Å². The lowest BCUT2D eigenvalue weighted by atomic mass is 9.80. The second-order valence-corrected chi connectivity index (χ2v) is 11.2. The molecule has 0 radical (unpaired) electrons. The van der Waals surface area contributed by atoms with Crippen LogP contribution in [-0.2, 0) is 19.8 Å². The second kappa shape index (κ2) is 10.2. The van der Waals surface area contributed by atoms with Gasteiger partial charge in [0.15, 0.2) is 17.3 Å². The van der Waals surface area contributed by atoms with Crippen molar-refractivity contribution in [2.45, 2.75) is 43.0 Å². The zero-order valence-electron chi connectivity index (χ0n) is 23.8. The van der Waals surface area contributed by atoms with Gasteiger partial charge < -0.3 is 24.1 Å². The van der Waals surface area contributed by atoms with Crippen LogP contribution in [0.4, 0.5) is 5.82 Å². The van der Waals surface area contributed by atoms with Crippen LogP contribution in [0, 0.1) is 0 Å². The lowest BCUT2D eigenvalue weighted by Crippen LogP contribution is -2.46. The van der Waals surface area contributed by atoms with E-state index in [-0.39, 0.29) is 18.8 Å². The van der Waals surface area contributed by atoms with Gasteiger partial charge in [-0.1, -0.05) is 97.1 Å². The van der Waals surface area contributed by atoms with Crippen molar-refractivity contribution < 1.29 is 14.2 Å². The van der Waals surface area contributed by atoms with Crippen LogP contribution in [0.1, 0.15) is 36.6 Å². The Balaban J connectivity index is 1.32.